The van der Waals surface area contributed by atoms with Gasteiger partial charge in [-0.3, -0.25) is 30.3 Å². The molecule has 0 amide bonds. The van der Waals surface area contributed by atoms with Crippen molar-refractivity contribution >= 4 is 22.7 Å². The van der Waals surface area contributed by atoms with Crippen molar-refractivity contribution in [3.63, 3.8) is 0 Å². The molecular weight excluding hydrogens is 384 g/mol. The minimum absolute atomic E-state index is 0.355. The molecule has 3 rings (SSSR count). The number of rotatable bonds is 6. The van der Waals surface area contributed by atoms with Crippen LogP contribution in [0.2, 0.25) is 0 Å². The van der Waals surface area contributed by atoms with Crippen LogP contribution in [-0.2, 0) is 10.3 Å². The highest BCUT2D eigenvalue weighted by atomic mass is 16.6. The van der Waals surface area contributed by atoms with Crippen LogP contribution in [0.15, 0.2) is 36.4 Å². The molecule has 1 atom stereocenters. The van der Waals surface area contributed by atoms with Crippen LogP contribution in [0.5, 0.6) is 0 Å². The summed E-state index contributed by atoms with van der Waals surface area (Å²) in [5, 5.41) is 37.4. The Morgan fingerprint density at radius 1 is 0.966 bits per heavy atom. The molecule has 1 aliphatic heterocycles. The van der Waals surface area contributed by atoms with E-state index in [2.05, 4.69) is 5.32 Å². The molecule has 1 heterocycles. The topological polar surface area (TPSA) is 151 Å². The zero-order valence-corrected chi connectivity index (χ0v) is 15.7. The SMILES string of the molecule is CCC1(CC)O[C@H](c2c([N+](=O)[O-])cc([N+](=O)[O-])cc2[N+](=O)[O-])Nc2ccccc21. The molecule has 0 saturated carbocycles. The molecule has 0 radical (unpaired) electrons. The summed E-state index contributed by atoms with van der Waals surface area (Å²) in [6.45, 7) is 3.78. The molecule has 1 N–H and O–H groups in total. The number of nitrogens with one attached hydrogen (secondary N) is 1. The lowest BCUT2D eigenvalue weighted by Crippen LogP contribution is -2.38. The summed E-state index contributed by atoms with van der Waals surface area (Å²) in [7, 11) is 0. The Labute approximate surface area is 164 Å². The molecule has 2 aromatic rings. The van der Waals surface area contributed by atoms with Gasteiger partial charge in [-0.1, -0.05) is 32.0 Å². The van der Waals surface area contributed by atoms with Crippen LogP contribution >= 0.6 is 0 Å². The normalized spacial score (nSPS) is 17.1. The van der Waals surface area contributed by atoms with Gasteiger partial charge in [0.2, 0.25) is 0 Å². The Morgan fingerprint density at radius 2 is 1.52 bits per heavy atom. The quantitative estimate of drug-likeness (QED) is 0.545. The van der Waals surface area contributed by atoms with Crippen molar-refractivity contribution in [2.24, 2.45) is 0 Å². The van der Waals surface area contributed by atoms with Crippen molar-refractivity contribution in [1.29, 1.82) is 0 Å². The van der Waals surface area contributed by atoms with E-state index in [4.69, 9.17) is 4.74 Å². The fourth-order valence-electron chi connectivity index (χ4n) is 3.68. The first kappa shape index (κ1) is 20.1. The van der Waals surface area contributed by atoms with Gasteiger partial charge in [0.25, 0.3) is 17.1 Å². The Hall–Kier alpha value is -3.60. The number of anilines is 1. The van der Waals surface area contributed by atoms with Crippen LogP contribution < -0.4 is 5.32 Å². The number of fused-ring (bicyclic) bond motifs is 1. The van der Waals surface area contributed by atoms with Crippen LogP contribution in [0.4, 0.5) is 22.7 Å². The molecule has 0 aromatic heterocycles. The Bertz CT molecular complexity index is 968. The maximum absolute atomic E-state index is 11.6. The minimum atomic E-state index is -1.23. The summed E-state index contributed by atoms with van der Waals surface area (Å²) < 4.78 is 6.18. The van der Waals surface area contributed by atoms with Gasteiger partial charge in [-0.25, -0.2) is 0 Å². The smallest absolute Gasteiger partial charge is 0.290 e. The molecule has 0 bridgehead atoms. The predicted molar refractivity (Wildman–Crippen MR) is 103 cm³/mol. The molecule has 29 heavy (non-hydrogen) atoms. The van der Waals surface area contributed by atoms with Crippen molar-refractivity contribution in [3.8, 4) is 0 Å². The van der Waals surface area contributed by atoms with E-state index in [-0.39, 0.29) is 5.56 Å². The number of para-hydroxylation sites is 1. The number of non-ortho nitro benzene ring substituents is 1. The summed E-state index contributed by atoms with van der Waals surface area (Å²) >= 11 is 0. The molecule has 0 unspecified atom stereocenters. The van der Waals surface area contributed by atoms with Gasteiger partial charge in [0.1, 0.15) is 0 Å². The molecule has 0 fully saturated rings. The summed E-state index contributed by atoms with van der Waals surface area (Å²) in [4.78, 5) is 31.7. The van der Waals surface area contributed by atoms with E-state index in [1.807, 2.05) is 26.0 Å². The molecule has 11 nitrogen and oxygen atoms in total. The second-order valence-corrected chi connectivity index (χ2v) is 6.56. The molecular formula is C18H18N4O7. The molecule has 11 heteroatoms. The minimum Gasteiger partial charge on any atom is -0.356 e. The summed E-state index contributed by atoms with van der Waals surface area (Å²) in [6, 6.07) is 8.66. The lowest BCUT2D eigenvalue weighted by molar-refractivity contribution is -0.405. The van der Waals surface area contributed by atoms with E-state index < -0.39 is 43.7 Å². The maximum Gasteiger partial charge on any atom is 0.290 e. The fraction of sp³-hybridized carbons (Fsp3) is 0.333. The van der Waals surface area contributed by atoms with E-state index in [1.54, 1.807) is 12.1 Å². The summed E-state index contributed by atoms with van der Waals surface area (Å²) in [5.41, 5.74) is -1.93. The average molecular weight is 402 g/mol. The predicted octanol–water partition coefficient (Wildman–Crippen LogP) is 4.57. The Kier molecular flexibility index (Phi) is 5.16. The van der Waals surface area contributed by atoms with Crippen LogP contribution in [0.25, 0.3) is 0 Å². The first-order chi connectivity index (χ1) is 13.7. The first-order valence-corrected chi connectivity index (χ1v) is 8.89. The molecule has 2 aromatic carbocycles. The van der Waals surface area contributed by atoms with Crippen LogP contribution in [-0.4, -0.2) is 14.8 Å². The van der Waals surface area contributed by atoms with E-state index in [0.29, 0.717) is 30.7 Å². The van der Waals surface area contributed by atoms with Gasteiger partial charge >= 0.3 is 0 Å². The third kappa shape index (κ3) is 3.36. The van der Waals surface area contributed by atoms with Crippen molar-refractivity contribution in [3.05, 3.63) is 77.9 Å². The van der Waals surface area contributed by atoms with E-state index in [0.717, 1.165) is 5.56 Å². The van der Waals surface area contributed by atoms with Crippen molar-refractivity contribution in [2.45, 2.75) is 38.5 Å². The van der Waals surface area contributed by atoms with Gasteiger partial charge in [0.05, 0.1) is 32.5 Å². The van der Waals surface area contributed by atoms with Crippen molar-refractivity contribution < 1.29 is 19.5 Å². The van der Waals surface area contributed by atoms with Crippen LogP contribution in [0.3, 0.4) is 0 Å². The zero-order valence-electron chi connectivity index (χ0n) is 15.7. The molecule has 0 aliphatic carbocycles. The largest absolute Gasteiger partial charge is 0.356 e. The molecule has 152 valence electrons. The third-order valence-electron chi connectivity index (χ3n) is 5.18. The number of hydrogen-bond donors (Lipinski definition) is 1. The summed E-state index contributed by atoms with van der Waals surface area (Å²) in [5.74, 6) is 0. The monoisotopic (exact) mass is 402 g/mol. The highest BCUT2D eigenvalue weighted by molar-refractivity contribution is 5.65. The zero-order chi connectivity index (χ0) is 21.3. The number of hydrogen-bond acceptors (Lipinski definition) is 8. The van der Waals surface area contributed by atoms with Crippen molar-refractivity contribution in [2.75, 3.05) is 5.32 Å². The van der Waals surface area contributed by atoms with Crippen LogP contribution in [0, 0.1) is 30.3 Å². The lowest BCUT2D eigenvalue weighted by Gasteiger charge is -2.42. The Balaban J connectivity index is 2.27. The standard InChI is InChI=1S/C18H18N4O7/c1-3-18(4-2)12-7-5-6-8-13(12)19-17(29-18)16-14(21(25)26)9-11(20(23)24)10-15(16)22(27)28/h5-10,17,19H,3-4H2,1-2H3/t17-/m1/s1. The molecule has 0 saturated heterocycles. The highest BCUT2D eigenvalue weighted by Crippen LogP contribution is 2.49. The Morgan fingerprint density at radius 3 is 2.00 bits per heavy atom. The summed E-state index contributed by atoms with van der Waals surface area (Å²) in [6.07, 6.45) is -0.188. The van der Waals surface area contributed by atoms with Gasteiger partial charge in [-0.15, -0.1) is 0 Å². The third-order valence-corrected chi connectivity index (χ3v) is 5.18. The number of nitrogens with zero attached hydrogens (tertiary/aromatic N) is 3. The number of benzene rings is 2. The lowest BCUT2D eigenvalue weighted by atomic mass is 9.85. The molecule has 1 aliphatic rings. The maximum atomic E-state index is 11.6. The molecule has 0 spiro atoms. The second kappa shape index (κ2) is 7.43. The van der Waals surface area contributed by atoms with Crippen molar-refractivity contribution in [1.82, 2.24) is 0 Å². The van der Waals surface area contributed by atoms with Crippen LogP contribution in [0.1, 0.15) is 44.0 Å². The van der Waals surface area contributed by atoms with E-state index in [9.17, 15) is 30.3 Å². The van der Waals surface area contributed by atoms with E-state index >= 15 is 0 Å². The van der Waals surface area contributed by atoms with Gasteiger partial charge in [0, 0.05) is 11.3 Å². The highest BCUT2D eigenvalue weighted by Gasteiger charge is 2.44. The number of nitro groups is 3. The van der Waals surface area contributed by atoms with Gasteiger partial charge in [0.15, 0.2) is 11.8 Å². The number of ether oxygens (including phenoxy) is 1. The van der Waals surface area contributed by atoms with Gasteiger partial charge in [-0.2, -0.15) is 0 Å². The first-order valence-electron chi connectivity index (χ1n) is 8.89. The average Bonchev–Trinajstić information content (AvgIpc) is 2.71. The van der Waals surface area contributed by atoms with Gasteiger partial charge < -0.3 is 10.1 Å². The fourth-order valence-corrected chi connectivity index (χ4v) is 3.68. The second-order valence-electron chi connectivity index (χ2n) is 6.56. The van der Waals surface area contributed by atoms with E-state index in [1.165, 1.54) is 0 Å². The number of nitro benzene ring substituents is 3. The van der Waals surface area contributed by atoms with Gasteiger partial charge in [-0.05, 0) is 18.9 Å².